The third kappa shape index (κ3) is 3.57. The third-order valence-corrected chi connectivity index (χ3v) is 3.49. The minimum atomic E-state index is 0.256. The Kier molecular flexibility index (Phi) is 5.12. The van der Waals surface area contributed by atoms with Gasteiger partial charge in [-0.3, -0.25) is 0 Å². The van der Waals surface area contributed by atoms with Gasteiger partial charge in [-0.1, -0.05) is 58.2 Å². The standard InChI is InChI=1S/C14H10Cl3NO2/c15-11-4-2-1-3-10(11)8-20-14-12(16)5-9(7-18-19)6-13(14)17/h1-7,19H,8H2/b18-7+. The molecule has 1 N–H and O–H groups in total. The number of ether oxygens (including phenoxy) is 1. The average Bonchev–Trinajstić information content (AvgIpc) is 2.40. The summed E-state index contributed by atoms with van der Waals surface area (Å²) in [5, 5.41) is 12.7. The van der Waals surface area contributed by atoms with Crippen molar-refractivity contribution in [1.82, 2.24) is 0 Å². The van der Waals surface area contributed by atoms with Crippen LogP contribution in [0, 0.1) is 0 Å². The second kappa shape index (κ2) is 6.84. The summed E-state index contributed by atoms with van der Waals surface area (Å²) in [6.07, 6.45) is 1.23. The van der Waals surface area contributed by atoms with E-state index < -0.39 is 0 Å². The lowest BCUT2D eigenvalue weighted by molar-refractivity contribution is 0.306. The van der Waals surface area contributed by atoms with Crippen LogP contribution in [0.1, 0.15) is 11.1 Å². The highest BCUT2D eigenvalue weighted by atomic mass is 35.5. The Morgan fingerprint density at radius 1 is 1.05 bits per heavy atom. The van der Waals surface area contributed by atoms with Gasteiger partial charge in [0.25, 0.3) is 0 Å². The van der Waals surface area contributed by atoms with Crippen molar-refractivity contribution in [3.8, 4) is 5.75 Å². The molecule has 0 aliphatic rings. The molecular formula is C14H10Cl3NO2. The van der Waals surface area contributed by atoms with Crippen LogP contribution in [0.25, 0.3) is 0 Å². The number of benzene rings is 2. The maximum atomic E-state index is 8.49. The van der Waals surface area contributed by atoms with Gasteiger partial charge in [0.05, 0.1) is 16.3 Å². The number of hydrogen-bond donors (Lipinski definition) is 1. The van der Waals surface area contributed by atoms with E-state index in [4.69, 9.17) is 44.7 Å². The van der Waals surface area contributed by atoms with Gasteiger partial charge < -0.3 is 9.94 Å². The number of nitrogens with zero attached hydrogens (tertiary/aromatic N) is 1. The van der Waals surface area contributed by atoms with Gasteiger partial charge in [0.1, 0.15) is 6.61 Å². The molecule has 2 rings (SSSR count). The van der Waals surface area contributed by atoms with E-state index in [1.807, 2.05) is 18.2 Å². The quantitative estimate of drug-likeness (QED) is 0.485. The molecule has 0 aliphatic carbocycles. The molecule has 0 spiro atoms. The van der Waals surface area contributed by atoms with Gasteiger partial charge in [-0.2, -0.15) is 0 Å². The van der Waals surface area contributed by atoms with Gasteiger partial charge in [0, 0.05) is 10.6 Å². The SMILES string of the molecule is O/N=C/c1cc(Cl)c(OCc2ccccc2Cl)c(Cl)c1. The summed E-state index contributed by atoms with van der Waals surface area (Å²) in [6.45, 7) is 0.256. The van der Waals surface area contributed by atoms with Crippen LogP contribution >= 0.6 is 34.8 Å². The molecule has 0 bridgehead atoms. The Bertz CT molecular complexity index is 621. The summed E-state index contributed by atoms with van der Waals surface area (Å²) in [4.78, 5) is 0. The molecule has 6 heteroatoms. The van der Waals surface area contributed by atoms with E-state index >= 15 is 0 Å². The predicted octanol–water partition coefficient (Wildman–Crippen LogP) is 5.03. The van der Waals surface area contributed by atoms with E-state index in [2.05, 4.69) is 5.16 Å². The first-order chi connectivity index (χ1) is 9.61. The Morgan fingerprint density at radius 2 is 1.70 bits per heavy atom. The van der Waals surface area contributed by atoms with E-state index in [0.29, 0.717) is 26.4 Å². The molecular weight excluding hydrogens is 321 g/mol. The first kappa shape index (κ1) is 15.0. The van der Waals surface area contributed by atoms with E-state index in [1.54, 1.807) is 18.2 Å². The summed E-state index contributed by atoms with van der Waals surface area (Å²) in [6, 6.07) is 10.5. The Morgan fingerprint density at radius 3 is 2.30 bits per heavy atom. The summed E-state index contributed by atoms with van der Waals surface area (Å²) >= 11 is 18.2. The highest BCUT2D eigenvalue weighted by Crippen LogP contribution is 2.34. The normalized spacial score (nSPS) is 10.9. The first-order valence-corrected chi connectivity index (χ1v) is 6.78. The molecule has 0 saturated carbocycles. The van der Waals surface area contributed by atoms with Crippen molar-refractivity contribution in [1.29, 1.82) is 0 Å². The minimum absolute atomic E-state index is 0.256. The van der Waals surface area contributed by atoms with Crippen LogP contribution in [0.3, 0.4) is 0 Å². The maximum absolute atomic E-state index is 8.49. The van der Waals surface area contributed by atoms with Gasteiger partial charge >= 0.3 is 0 Å². The third-order valence-electron chi connectivity index (χ3n) is 2.56. The lowest BCUT2D eigenvalue weighted by Gasteiger charge is -2.11. The van der Waals surface area contributed by atoms with Gasteiger partial charge in [-0.25, -0.2) is 0 Å². The lowest BCUT2D eigenvalue weighted by Crippen LogP contribution is -1.98. The zero-order valence-corrected chi connectivity index (χ0v) is 12.5. The van der Waals surface area contributed by atoms with Crippen molar-refractivity contribution in [3.05, 3.63) is 62.6 Å². The summed E-state index contributed by atoms with van der Waals surface area (Å²) < 4.78 is 5.61. The number of halogens is 3. The number of oxime groups is 1. The Hall–Kier alpha value is -1.42. The molecule has 20 heavy (non-hydrogen) atoms. The Labute approximate surface area is 131 Å². The van der Waals surface area contributed by atoms with Crippen molar-refractivity contribution < 1.29 is 9.94 Å². The second-order valence-corrected chi connectivity index (χ2v) is 5.16. The number of hydrogen-bond acceptors (Lipinski definition) is 3. The van der Waals surface area contributed by atoms with Crippen LogP contribution in [-0.4, -0.2) is 11.4 Å². The Balaban J connectivity index is 2.20. The largest absolute Gasteiger partial charge is 0.486 e. The van der Waals surface area contributed by atoms with E-state index in [0.717, 1.165) is 5.56 Å². The fraction of sp³-hybridized carbons (Fsp3) is 0.0714. The fourth-order valence-corrected chi connectivity index (χ4v) is 2.43. The van der Waals surface area contributed by atoms with Gasteiger partial charge in [-0.05, 0) is 23.8 Å². The molecule has 0 aliphatic heterocycles. The fourth-order valence-electron chi connectivity index (χ4n) is 1.62. The van der Waals surface area contributed by atoms with E-state index in [-0.39, 0.29) is 6.61 Å². The number of rotatable bonds is 4. The molecule has 0 unspecified atom stereocenters. The summed E-state index contributed by atoms with van der Waals surface area (Å²) in [5.41, 5.74) is 1.41. The molecule has 2 aromatic carbocycles. The zero-order valence-electron chi connectivity index (χ0n) is 10.2. The molecule has 0 fully saturated rings. The molecule has 0 aromatic heterocycles. The average molecular weight is 331 g/mol. The van der Waals surface area contributed by atoms with Crippen molar-refractivity contribution in [2.45, 2.75) is 6.61 Å². The van der Waals surface area contributed by atoms with Crippen molar-refractivity contribution in [3.63, 3.8) is 0 Å². The molecule has 0 heterocycles. The van der Waals surface area contributed by atoms with Gasteiger partial charge in [-0.15, -0.1) is 0 Å². The van der Waals surface area contributed by atoms with E-state index in [9.17, 15) is 0 Å². The second-order valence-electron chi connectivity index (χ2n) is 3.94. The highest BCUT2D eigenvalue weighted by Gasteiger charge is 2.10. The molecule has 0 radical (unpaired) electrons. The molecule has 2 aromatic rings. The summed E-state index contributed by atoms with van der Waals surface area (Å²) in [5.74, 6) is 0.364. The molecule has 0 amide bonds. The van der Waals surface area contributed by atoms with Crippen molar-refractivity contribution in [2.75, 3.05) is 0 Å². The molecule has 3 nitrogen and oxygen atoms in total. The van der Waals surface area contributed by atoms with Crippen LogP contribution in [-0.2, 0) is 6.61 Å². The van der Waals surface area contributed by atoms with Crippen molar-refractivity contribution >= 4 is 41.0 Å². The van der Waals surface area contributed by atoms with Crippen molar-refractivity contribution in [2.24, 2.45) is 5.16 Å². The topological polar surface area (TPSA) is 41.8 Å². The monoisotopic (exact) mass is 329 g/mol. The predicted molar refractivity (Wildman–Crippen MR) is 81.6 cm³/mol. The molecule has 104 valence electrons. The van der Waals surface area contributed by atoms with Crippen LogP contribution in [0.2, 0.25) is 15.1 Å². The smallest absolute Gasteiger partial charge is 0.157 e. The zero-order chi connectivity index (χ0) is 14.5. The maximum Gasteiger partial charge on any atom is 0.157 e. The first-order valence-electron chi connectivity index (χ1n) is 5.64. The van der Waals surface area contributed by atoms with Crippen LogP contribution in [0.15, 0.2) is 41.6 Å². The van der Waals surface area contributed by atoms with Crippen LogP contribution in [0.4, 0.5) is 0 Å². The van der Waals surface area contributed by atoms with Gasteiger partial charge in [0.2, 0.25) is 0 Å². The van der Waals surface area contributed by atoms with E-state index in [1.165, 1.54) is 6.21 Å². The summed E-state index contributed by atoms with van der Waals surface area (Å²) in [7, 11) is 0. The van der Waals surface area contributed by atoms with Gasteiger partial charge in [0.15, 0.2) is 5.75 Å². The minimum Gasteiger partial charge on any atom is -0.486 e. The van der Waals surface area contributed by atoms with Crippen LogP contribution < -0.4 is 4.74 Å². The lowest BCUT2D eigenvalue weighted by atomic mass is 10.2. The van der Waals surface area contributed by atoms with Crippen LogP contribution in [0.5, 0.6) is 5.75 Å². The molecule has 0 saturated heterocycles. The molecule has 0 atom stereocenters. The highest BCUT2D eigenvalue weighted by molar-refractivity contribution is 6.37.